The highest BCUT2D eigenvalue weighted by Gasteiger charge is 2.21. The van der Waals surface area contributed by atoms with Crippen molar-refractivity contribution >= 4 is 11.2 Å². The number of benzene rings is 2. The van der Waals surface area contributed by atoms with Gasteiger partial charge in [0.2, 0.25) is 5.82 Å². The maximum atomic E-state index is 13.1. The Hall–Kier alpha value is -4.34. The van der Waals surface area contributed by atoms with Gasteiger partial charge in [0, 0.05) is 31.6 Å². The molecule has 0 radical (unpaired) electrons. The average molecular weight is 471 g/mol. The van der Waals surface area contributed by atoms with Crippen molar-refractivity contribution in [2.75, 3.05) is 0 Å². The monoisotopic (exact) mass is 470 g/mol. The summed E-state index contributed by atoms with van der Waals surface area (Å²) in [6, 6.07) is 16.1. The zero-order valence-corrected chi connectivity index (χ0v) is 20.1. The van der Waals surface area contributed by atoms with Crippen LogP contribution in [0.25, 0.3) is 33.7 Å². The number of aromatic nitrogens is 8. The molecule has 0 spiro atoms. The van der Waals surface area contributed by atoms with Crippen molar-refractivity contribution in [1.29, 1.82) is 0 Å². The van der Waals surface area contributed by atoms with Gasteiger partial charge in [0.1, 0.15) is 5.82 Å². The number of aryl methyl sites for hydroxylation is 1. The molecule has 5 aromatic rings. The van der Waals surface area contributed by atoms with Crippen molar-refractivity contribution in [1.82, 2.24) is 39.3 Å². The molecule has 0 aliphatic carbocycles. The minimum absolute atomic E-state index is 0.0774. The molecule has 178 valence electrons. The van der Waals surface area contributed by atoms with Gasteiger partial charge in [0.05, 0.1) is 0 Å². The van der Waals surface area contributed by atoms with Crippen LogP contribution < -0.4 is 11.2 Å². The smallest absolute Gasteiger partial charge is 0.317 e. The molecular formula is C25H26N8O2. The summed E-state index contributed by atoms with van der Waals surface area (Å²) < 4.78 is 4.65. The average Bonchev–Trinajstić information content (AvgIpc) is 3.53. The Morgan fingerprint density at radius 3 is 2.31 bits per heavy atom. The molecule has 5 rings (SSSR count). The summed E-state index contributed by atoms with van der Waals surface area (Å²) >= 11 is 0. The van der Waals surface area contributed by atoms with Gasteiger partial charge in [-0.05, 0) is 28.8 Å². The Morgan fingerprint density at radius 2 is 1.69 bits per heavy atom. The van der Waals surface area contributed by atoms with Crippen LogP contribution in [0, 0.1) is 0 Å². The van der Waals surface area contributed by atoms with Crippen LogP contribution in [-0.4, -0.2) is 39.3 Å². The summed E-state index contributed by atoms with van der Waals surface area (Å²) in [5.74, 6) is 1.39. The van der Waals surface area contributed by atoms with Crippen LogP contribution in [0.2, 0.25) is 0 Å². The van der Waals surface area contributed by atoms with E-state index in [9.17, 15) is 9.59 Å². The van der Waals surface area contributed by atoms with Crippen LogP contribution in [0.4, 0.5) is 0 Å². The number of hydrogen-bond donors (Lipinski definition) is 1. The lowest BCUT2D eigenvalue weighted by Gasteiger charge is -2.13. The van der Waals surface area contributed by atoms with Crippen LogP contribution in [-0.2, 0) is 20.1 Å². The van der Waals surface area contributed by atoms with E-state index in [1.54, 1.807) is 4.57 Å². The highest BCUT2D eigenvalue weighted by molar-refractivity contribution is 5.80. The second kappa shape index (κ2) is 8.79. The molecule has 0 bridgehead atoms. The fourth-order valence-corrected chi connectivity index (χ4v) is 4.44. The number of hydrogen-bond acceptors (Lipinski definition) is 6. The van der Waals surface area contributed by atoms with E-state index in [-0.39, 0.29) is 17.2 Å². The largest absolute Gasteiger partial charge is 0.332 e. The van der Waals surface area contributed by atoms with Gasteiger partial charge in [-0.3, -0.25) is 13.9 Å². The van der Waals surface area contributed by atoms with Crippen LogP contribution in [0.15, 0.2) is 58.1 Å². The summed E-state index contributed by atoms with van der Waals surface area (Å²) in [7, 11) is 1.51. The lowest BCUT2D eigenvalue weighted by molar-refractivity contribution is 0.649. The molecule has 0 atom stereocenters. The summed E-state index contributed by atoms with van der Waals surface area (Å²) in [5.41, 5.74) is 4.12. The highest BCUT2D eigenvalue weighted by atomic mass is 16.2. The molecule has 0 saturated heterocycles. The Balaban J connectivity index is 1.59. The summed E-state index contributed by atoms with van der Waals surface area (Å²) in [5, 5.41) is 14.4. The standard InChI is InChI=1S/C25H26N8O2/c1-5-32-23-20(24(34)31(4)25(32)35)33(22(26-23)15(2)3)14-16-10-12-17(13-11-16)18-8-6-7-9-19(18)21-27-29-30-28-21/h6-13,15H,5,14H2,1-4H3,(H,27,28,29,30). The number of H-pyrrole nitrogens is 1. The van der Waals surface area contributed by atoms with Crippen molar-refractivity contribution in [2.45, 2.75) is 39.8 Å². The topological polar surface area (TPSA) is 116 Å². The number of nitrogens with one attached hydrogen (secondary N) is 1. The first-order chi connectivity index (χ1) is 16.9. The number of imidazole rings is 1. The molecule has 35 heavy (non-hydrogen) atoms. The maximum absolute atomic E-state index is 13.1. The predicted octanol–water partition coefficient (Wildman–Crippen LogP) is 2.94. The number of nitrogens with zero attached hydrogens (tertiary/aromatic N) is 7. The summed E-state index contributed by atoms with van der Waals surface area (Å²) in [6.45, 7) is 6.86. The Bertz CT molecular complexity index is 1620. The van der Waals surface area contributed by atoms with Crippen molar-refractivity contribution in [3.05, 3.63) is 80.8 Å². The van der Waals surface area contributed by atoms with Crippen LogP contribution in [0.3, 0.4) is 0 Å². The molecule has 0 aliphatic rings. The molecule has 3 aromatic heterocycles. The molecule has 2 aromatic carbocycles. The molecule has 0 aliphatic heterocycles. The number of aromatic amines is 1. The van der Waals surface area contributed by atoms with Gasteiger partial charge in [-0.1, -0.05) is 62.4 Å². The molecule has 1 N–H and O–H groups in total. The first-order valence-electron chi connectivity index (χ1n) is 11.5. The Kier molecular flexibility index (Phi) is 5.64. The van der Waals surface area contributed by atoms with Crippen molar-refractivity contribution in [3.63, 3.8) is 0 Å². The normalized spacial score (nSPS) is 11.6. The maximum Gasteiger partial charge on any atom is 0.332 e. The third kappa shape index (κ3) is 3.76. The summed E-state index contributed by atoms with van der Waals surface area (Å²) in [4.78, 5) is 30.5. The fraction of sp³-hybridized carbons (Fsp3) is 0.280. The van der Waals surface area contributed by atoms with Gasteiger partial charge in [-0.25, -0.2) is 9.78 Å². The number of fused-ring (bicyclic) bond motifs is 1. The Labute approximate surface area is 200 Å². The third-order valence-electron chi connectivity index (χ3n) is 6.21. The third-order valence-corrected chi connectivity index (χ3v) is 6.21. The second-order valence-electron chi connectivity index (χ2n) is 8.75. The zero-order chi connectivity index (χ0) is 24.7. The molecule has 10 nitrogen and oxygen atoms in total. The molecule has 3 heterocycles. The van der Waals surface area contributed by atoms with E-state index in [4.69, 9.17) is 4.98 Å². The molecule has 0 saturated carbocycles. The van der Waals surface area contributed by atoms with Gasteiger partial charge >= 0.3 is 5.69 Å². The van der Waals surface area contributed by atoms with Gasteiger partial charge in [-0.15, -0.1) is 10.2 Å². The molecule has 0 unspecified atom stereocenters. The predicted molar refractivity (Wildman–Crippen MR) is 133 cm³/mol. The number of rotatable bonds is 6. The van der Waals surface area contributed by atoms with Gasteiger partial charge in [-0.2, -0.15) is 5.21 Å². The van der Waals surface area contributed by atoms with Crippen LogP contribution in [0.1, 0.15) is 38.1 Å². The molecule has 0 amide bonds. The van der Waals surface area contributed by atoms with E-state index in [1.165, 1.54) is 7.05 Å². The van der Waals surface area contributed by atoms with Gasteiger partial charge in [0.15, 0.2) is 11.2 Å². The highest BCUT2D eigenvalue weighted by Crippen LogP contribution is 2.30. The van der Waals surface area contributed by atoms with Crippen LogP contribution in [0.5, 0.6) is 0 Å². The summed E-state index contributed by atoms with van der Waals surface area (Å²) in [6.07, 6.45) is 0. The van der Waals surface area contributed by atoms with Gasteiger partial charge in [0.25, 0.3) is 5.56 Å². The van der Waals surface area contributed by atoms with Gasteiger partial charge < -0.3 is 4.57 Å². The van der Waals surface area contributed by atoms with Crippen molar-refractivity contribution < 1.29 is 0 Å². The first kappa shape index (κ1) is 22.5. The lowest BCUT2D eigenvalue weighted by atomic mass is 9.98. The van der Waals surface area contributed by atoms with E-state index in [0.717, 1.165) is 32.6 Å². The van der Waals surface area contributed by atoms with E-state index in [1.807, 2.05) is 73.9 Å². The van der Waals surface area contributed by atoms with E-state index < -0.39 is 0 Å². The van der Waals surface area contributed by atoms with E-state index >= 15 is 0 Å². The van der Waals surface area contributed by atoms with Crippen molar-refractivity contribution in [2.24, 2.45) is 7.05 Å². The SMILES string of the molecule is CCn1c(=O)n(C)c(=O)c2c1nc(C(C)C)n2Cc1ccc(-c2ccccc2-c2nn[nH]n2)cc1. The minimum Gasteiger partial charge on any atom is -0.317 e. The Morgan fingerprint density at radius 1 is 0.971 bits per heavy atom. The molecule has 0 fully saturated rings. The number of tetrazole rings is 1. The molecular weight excluding hydrogens is 444 g/mol. The quantitative estimate of drug-likeness (QED) is 0.408. The first-order valence-corrected chi connectivity index (χ1v) is 11.5. The zero-order valence-electron chi connectivity index (χ0n) is 20.1. The van der Waals surface area contributed by atoms with Crippen LogP contribution >= 0.6 is 0 Å². The molecule has 10 heteroatoms. The lowest BCUT2D eigenvalue weighted by Crippen LogP contribution is -2.38. The van der Waals surface area contributed by atoms with E-state index in [0.29, 0.717) is 30.1 Å². The van der Waals surface area contributed by atoms with Crippen molar-refractivity contribution in [3.8, 4) is 22.5 Å². The minimum atomic E-state index is -0.352. The second-order valence-corrected chi connectivity index (χ2v) is 8.75. The fourth-order valence-electron chi connectivity index (χ4n) is 4.44. The van der Waals surface area contributed by atoms with E-state index in [2.05, 4.69) is 20.6 Å².